The lowest BCUT2D eigenvalue weighted by atomic mass is 10.3. The number of rotatable bonds is 7. The molecule has 104 valence electrons. The van der Waals surface area contributed by atoms with Gasteiger partial charge in [0.1, 0.15) is 0 Å². The third kappa shape index (κ3) is 5.90. The molecule has 0 fully saturated rings. The predicted molar refractivity (Wildman–Crippen MR) is 74.0 cm³/mol. The van der Waals surface area contributed by atoms with Crippen LogP contribution < -0.4 is 10.2 Å². The second-order valence-electron chi connectivity index (χ2n) is 4.22. The minimum absolute atomic E-state index is 0.0591. The molecule has 0 aromatic heterocycles. The van der Waals surface area contributed by atoms with Crippen molar-refractivity contribution in [1.82, 2.24) is 5.32 Å². The van der Waals surface area contributed by atoms with Gasteiger partial charge in [-0.3, -0.25) is 9.59 Å². The Kier molecular flexibility index (Phi) is 6.43. The van der Waals surface area contributed by atoms with Crippen molar-refractivity contribution in [3.8, 4) is 0 Å². The van der Waals surface area contributed by atoms with Gasteiger partial charge in [-0.15, -0.1) is 0 Å². The fourth-order valence-electron chi connectivity index (χ4n) is 1.61. The zero-order chi connectivity index (χ0) is 14.1. The van der Waals surface area contributed by atoms with Gasteiger partial charge in [0.25, 0.3) is 0 Å². The van der Waals surface area contributed by atoms with E-state index in [-0.39, 0.29) is 11.9 Å². The first-order valence-corrected chi connectivity index (χ1v) is 6.23. The van der Waals surface area contributed by atoms with Gasteiger partial charge < -0.3 is 15.0 Å². The van der Waals surface area contributed by atoms with Crippen molar-refractivity contribution in [3.63, 3.8) is 0 Å². The molecule has 0 saturated heterocycles. The van der Waals surface area contributed by atoms with E-state index in [4.69, 9.17) is 0 Å². The van der Waals surface area contributed by atoms with E-state index in [1.165, 1.54) is 7.11 Å². The molecule has 0 saturated carbocycles. The van der Waals surface area contributed by atoms with Crippen LogP contribution in [0.4, 0.5) is 5.69 Å². The highest BCUT2D eigenvalue weighted by Gasteiger charge is 2.07. The lowest BCUT2D eigenvalue weighted by Gasteiger charge is -2.18. The molecule has 0 spiro atoms. The summed E-state index contributed by atoms with van der Waals surface area (Å²) in [5, 5.41) is 2.77. The second-order valence-corrected chi connectivity index (χ2v) is 4.22. The third-order valence-corrected chi connectivity index (χ3v) is 2.69. The number of nitrogens with one attached hydrogen (secondary N) is 1. The van der Waals surface area contributed by atoms with E-state index in [9.17, 15) is 9.59 Å². The molecule has 0 atom stereocenters. The summed E-state index contributed by atoms with van der Waals surface area (Å²) in [5.74, 6) is -0.313. The number of anilines is 1. The normalized spacial score (nSPS) is 9.79. The van der Waals surface area contributed by atoms with Gasteiger partial charge in [-0.2, -0.15) is 0 Å². The molecule has 0 aliphatic heterocycles. The largest absolute Gasteiger partial charge is 0.469 e. The van der Waals surface area contributed by atoms with E-state index in [1.54, 1.807) is 0 Å². The minimum Gasteiger partial charge on any atom is -0.469 e. The SMILES string of the molecule is COC(=O)CCCNC(=O)CN(C)c1ccccc1. The molecule has 1 amide bonds. The Balaban J connectivity index is 2.22. The summed E-state index contributed by atoms with van der Waals surface area (Å²) in [6.45, 7) is 0.777. The number of hydrogen-bond acceptors (Lipinski definition) is 4. The average molecular weight is 264 g/mol. The number of esters is 1. The minimum atomic E-state index is -0.254. The van der Waals surface area contributed by atoms with Gasteiger partial charge in [-0.25, -0.2) is 0 Å². The van der Waals surface area contributed by atoms with Gasteiger partial charge in [0.15, 0.2) is 0 Å². The van der Waals surface area contributed by atoms with Crippen molar-refractivity contribution in [2.24, 2.45) is 0 Å². The van der Waals surface area contributed by atoms with Gasteiger partial charge in [0.2, 0.25) is 5.91 Å². The number of likely N-dealkylation sites (N-methyl/N-ethyl adjacent to an activating group) is 1. The van der Waals surface area contributed by atoms with Crippen molar-refractivity contribution in [2.75, 3.05) is 32.1 Å². The van der Waals surface area contributed by atoms with E-state index >= 15 is 0 Å². The van der Waals surface area contributed by atoms with Crippen LogP contribution in [0.3, 0.4) is 0 Å². The first-order valence-electron chi connectivity index (χ1n) is 6.23. The number of hydrogen-bond donors (Lipinski definition) is 1. The van der Waals surface area contributed by atoms with Crippen LogP contribution in [0.1, 0.15) is 12.8 Å². The molecule has 5 nitrogen and oxygen atoms in total. The average Bonchev–Trinajstić information content (AvgIpc) is 2.44. The highest BCUT2D eigenvalue weighted by molar-refractivity contribution is 5.81. The lowest BCUT2D eigenvalue weighted by Crippen LogP contribution is -2.35. The van der Waals surface area contributed by atoms with E-state index < -0.39 is 0 Å². The summed E-state index contributed by atoms with van der Waals surface area (Å²) in [6.07, 6.45) is 0.915. The monoisotopic (exact) mass is 264 g/mol. The lowest BCUT2D eigenvalue weighted by molar-refractivity contribution is -0.140. The molecule has 19 heavy (non-hydrogen) atoms. The summed E-state index contributed by atoms with van der Waals surface area (Å²) in [6, 6.07) is 9.69. The number of nitrogens with zero attached hydrogens (tertiary/aromatic N) is 1. The number of benzene rings is 1. The molecule has 0 radical (unpaired) electrons. The topological polar surface area (TPSA) is 58.6 Å². The molecule has 1 N–H and O–H groups in total. The van der Waals surface area contributed by atoms with Crippen molar-refractivity contribution in [1.29, 1.82) is 0 Å². The molecule has 1 rings (SSSR count). The molecule has 1 aromatic rings. The highest BCUT2D eigenvalue weighted by Crippen LogP contribution is 2.09. The zero-order valence-corrected chi connectivity index (χ0v) is 11.4. The van der Waals surface area contributed by atoms with Crippen LogP contribution in [0.2, 0.25) is 0 Å². The number of carbonyl (C=O) groups excluding carboxylic acids is 2. The van der Waals surface area contributed by atoms with Crippen molar-refractivity contribution < 1.29 is 14.3 Å². The van der Waals surface area contributed by atoms with Crippen LogP contribution in [0.5, 0.6) is 0 Å². The molecule has 1 aromatic carbocycles. The molecule has 5 heteroatoms. The number of methoxy groups -OCH3 is 1. The first kappa shape index (κ1) is 15.0. The summed E-state index contributed by atoms with van der Waals surface area (Å²) in [7, 11) is 3.22. The molecule has 0 unspecified atom stereocenters. The Morgan fingerprint density at radius 2 is 1.95 bits per heavy atom. The van der Waals surface area contributed by atoms with Crippen molar-refractivity contribution in [2.45, 2.75) is 12.8 Å². The van der Waals surface area contributed by atoms with Gasteiger partial charge in [0, 0.05) is 25.7 Å². The Bertz CT molecular complexity index is 406. The standard InChI is InChI=1S/C14H20N2O3/c1-16(12-7-4-3-5-8-12)11-13(17)15-10-6-9-14(18)19-2/h3-5,7-8H,6,9-11H2,1-2H3,(H,15,17). The van der Waals surface area contributed by atoms with Crippen LogP contribution >= 0.6 is 0 Å². The van der Waals surface area contributed by atoms with Gasteiger partial charge in [0.05, 0.1) is 13.7 Å². The van der Waals surface area contributed by atoms with Crippen LogP contribution in [0.25, 0.3) is 0 Å². The fraction of sp³-hybridized carbons (Fsp3) is 0.429. The van der Waals surface area contributed by atoms with Crippen LogP contribution in [-0.2, 0) is 14.3 Å². The molecular weight excluding hydrogens is 244 g/mol. The summed E-state index contributed by atoms with van der Waals surface area (Å²) < 4.78 is 4.52. The quantitative estimate of drug-likeness (QED) is 0.593. The molecule has 0 heterocycles. The van der Waals surface area contributed by atoms with E-state index in [0.29, 0.717) is 25.9 Å². The number of para-hydroxylation sites is 1. The maximum atomic E-state index is 11.7. The number of ether oxygens (including phenoxy) is 1. The maximum absolute atomic E-state index is 11.7. The van der Waals surface area contributed by atoms with Gasteiger partial charge in [-0.1, -0.05) is 18.2 Å². The predicted octanol–water partition coefficient (Wildman–Crippen LogP) is 1.19. The van der Waals surface area contributed by atoms with Crippen LogP contribution in [0, 0.1) is 0 Å². The smallest absolute Gasteiger partial charge is 0.305 e. The Hall–Kier alpha value is -2.04. The number of carbonyl (C=O) groups is 2. The highest BCUT2D eigenvalue weighted by atomic mass is 16.5. The molecule has 0 aliphatic rings. The van der Waals surface area contributed by atoms with Crippen LogP contribution in [0.15, 0.2) is 30.3 Å². The Morgan fingerprint density at radius 1 is 1.26 bits per heavy atom. The first-order chi connectivity index (χ1) is 9.13. The summed E-state index contributed by atoms with van der Waals surface area (Å²) >= 11 is 0. The molecular formula is C14H20N2O3. The Labute approximate surface area is 113 Å². The fourth-order valence-corrected chi connectivity index (χ4v) is 1.61. The van der Waals surface area contributed by atoms with E-state index in [0.717, 1.165) is 5.69 Å². The third-order valence-electron chi connectivity index (χ3n) is 2.69. The summed E-state index contributed by atoms with van der Waals surface area (Å²) in [4.78, 5) is 24.4. The van der Waals surface area contributed by atoms with Crippen molar-refractivity contribution in [3.05, 3.63) is 30.3 Å². The molecule has 0 aliphatic carbocycles. The van der Waals surface area contributed by atoms with E-state index in [2.05, 4.69) is 10.1 Å². The van der Waals surface area contributed by atoms with E-state index in [1.807, 2.05) is 42.3 Å². The summed E-state index contributed by atoms with van der Waals surface area (Å²) in [5.41, 5.74) is 0.993. The van der Waals surface area contributed by atoms with Gasteiger partial charge >= 0.3 is 5.97 Å². The second kappa shape index (κ2) is 8.13. The van der Waals surface area contributed by atoms with Crippen molar-refractivity contribution >= 4 is 17.6 Å². The Morgan fingerprint density at radius 3 is 2.58 bits per heavy atom. The molecule has 0 bridgehead atoms. The zero-order valence-electron chi connectivity index (χ0n) is 11.4. The van der Waals surface area contributed by atoms with Crippen LogP contribution in [-0.4, -0.2) is 39.1 Å². The maximum Gasteiger partial charge on any atom is 0.305 e. The number of amides is 1. The van der Waals surface area contributed by atoms with Gasteiger partial charge in [-0.05, 0) is 18.6 Å².